The number of ether oxygens (including phenoxy) is 2. The van der Waals surface area contributed by atoms with Gasteiger partial charge in [0.2, 0.25) is 0 Å². The van der Waals surface area contributed by atoms with Crippen LogP contribution in [0.4, 0.5) is 0 Å². The molecule has 4 atom stereocenters. The fraction of sp³-hybridized carbons (Fsp3) is 1.00. The van der Waals surface area contributed by atoms with Crippen LogP contribution in [0.25, 0.3) is 0 Å². The van der Waals surface area contributed by atoms with Gasteiger partial charge in [0.05, 0.1) is 0 Å². The van der Waals surface area contributed by atoms with E-state index < -0.39 is 24.3 Å². The van der Waals surface area contributed by atoms with Crippen molar-refractivity contribution in [3.63, 3.8) is 0 Å². The molecule has 1 saturated heterocycles. The van der Waals surface area contributed by atoms with Gasteiger partial charge in [-0.05, 0) is 20.8 Å². The van der Waals surface area contributed by atoms with Gasteiger partial charge in [-0.2, -0.15) is 0 Å². The average Bonchev–Trinajstić information content (AvgIpc) is 1.83. The van der Waals surface area contributed by atoms with Crippen LogP contribution in [-0.2, 0) is 9.47 Å². The van der Waals surface area contributed by atoms with E-state index in [4.69, 9.17) is 14.6 Å². The first-order chi connectivity index (χ1) is 4.93. The molecule has 1 fully saturated rings. The van der Waals surface area contributed by atoms with Gasteiger partial charge < -0.3 is 19.7 Å². The predicted octanol–water partition coefficient (Wildman–Crippen LogP) is -0.163. The van der Waals surface area contributed by atoms with Crippen molar-refractivity contribution in [1.82, 2.24) is 0 Å². The third-order valence-corrected chi connectivity index (χ3v) is 1.92. The van der Waals surface area contributed by atoms with Gasteiger partial charge >= 0.3 is 0 Å². The van der Waals surface area contributed by atoms with Crippen LogP contribution in [0.15, 0.2) is 0 Å². The summed E-state index contributed by atoms with van der Waals surface area (Å²) in [5.74, 6) is -1.29. The Balaban J connectivity index is 2.63. The topological polar surface area (TPSA) is 58.9 Å². The van der Waals surface area contributed by atoms with Crippen LogP contribution in [0.3, 0.4) is 0 Å². The summed E-state index contributed by atoms with van der Waals surface area (Å²) in [5, 5.41) is 18.6. The third-order valence-electron chi connectivity index (χ3n) is 1.92. The lowest BCUT2D eigenvalue weighted by atomic mass is 10.1. The molecule has 0 aliphatic carbocycles. The molecule has 0 radical (unpaired) electrons. The van der Waals surface area contributed by atoms with Gasteiger partial charge in [0.1, 0.15) is 12.2 Å². The molecule has 4 nitrogen and oxygen atoms in total. The molecule has 4 unspecified atom stereocenters. The maximum Gasteiger partial charge on any atom is 0.189 e. The van der Waals surface area contributed by atoms with Crippen LogP contribution in [0.2, 0.25) is 0 Å². The molecule has 1 rings (SSSR count). The molecule has 0 aromatic heterocycles. The first-order valence-corrected chi connectivity index (χ1v) is 3.67. The summed E-state index contributed by atoms with van der Waals surface area (Å²) in [6.45, 7) is 4.81. The van der Waals surface area contributed by atoms with Crippen LogP contribution >= 0.6 is 0 Å². The molecule has 66 valence electrons. The van der Waals surface area contributed by atoms with E-state index in [0.717, 1.165) is 0 Å². The summed E-state index contributed by atoms with van der Waals surface area (Å²) >= 11 is 0. The average molecular weight is 162 g/mol. The molecule has 4 heteroatoms. The van der Waals surface area contributed by atoms with E-state index >= 15 is 0 Å². The van der Waals surface area contributed by atoms with Crippen molar-refractivity contribution >= 4 is 0 Å². The fourth-order valence-corrected chi connectivity index (χ4v) is 0.976. The zero-order chi connectivity index (χ0) is 8.65. The van der Waals surface area contributed by atoms with Gasteiger partial charge in [-0.3, -0.25) is 0 Å². The minimum Gasteiger partial charge on any atom is -0.366 e. The Morgan fingerprint density at radius 1 is 1.36 bits per heavy atom. The number of hydrogen-bond acceptors (Lipinski definition) is 4. The van der Waals surface area contributed by atoms with Crippen molar-refractivity contribution in [2.75, 3.05) is 0 Å². The summed E-state index contributed by atoms with van der Waals surface area (Å²) in [5.41, 5.74) is 0. The standard InChI is InChI=1S/C7H14O4/c1-4-6(8)10-5(2)7(3,9)11-4/h4-6,8-9H,1-3H3. The molecular weight excluding hydrogens is 148 g/mol. The Morgan fingerprint density at radius 3 is 2.36 bits per heavy atom. The van der Waals surface area contributed by atoms with Gasteiger partial charge in [0, 0.05) is 0 Å². The second-order valence-electron chi connectivity index (χ2n) is 3.05. The van der Waals surface area contributed by atoms with Crippen molar-refractivity contribution in [2.24, 2.45) is 0 Å². The second-order valence-corrected chi connectivity index (χ2v) is 3.05. The van der Waals surface area contributed by atoms with Crippen LogP contribution in [0, 0.1) is 0 Å². The zero-order valence-corrected chi connectivity index (χ0v) is 6.94. The molecule has 11 heavy (non-hydrogen) atoms. The molecule has 0 aromatic rings. The van der Waals surface area contributed by atoms with Gasteiger partial charge in [-0.25, -0.2) is 0 Å². The normalized spacial score (nSPS) is 52.6. The Morgan fingerprint density at radius 2 is 1.91 bits per heavy atom. The Kier molecular flexibility index (Phi) is 2.20. The van der Waals surface area contributed by atoms with Crippen molar-refractivity contribution < 1.29 is 19.7 Å². The number of aliphatic hydroxyl groups excluding tert-OH is 1. The van der Waals surface area contributed by atoms with E-state index in [0.29, 0.717) is 0 Å². The minimum atomic E-state index is -1.29. The fourth-order valence-electron chi connectivity index (χ4n) is 0.976. The Labute approximate surface area is 65.7 Å². The van der Waals surface area contributed by atoms with Crippen molar-refractivity contribution in [2.45, 2.75) is 45.1 Å². The Hall–Kier alpha value is -0.160. The predicted molar refractivity (Wildman–Crippen MR) is 37.7 cm³/mol. The summed E-state index contributed by atoms with van der Waals surface area (Å²) in [7, 11) is 0. The molecule has 1 aliphatic heterocycles. The molecule has 0 amide bonds. The first-order valence-electron chi connectivity index (χ1n) is 3.67. The van der Waals surface area contributed by atoms with E-state index in [1.807, 2.05) is 0 Å². The van der Waals surface area contributed by atoms with E-state index in [1.165, 1.54) is 6.92 Å². The lowest BCUT2D eigenvalue weighted by Gasteiger charge is -2.40. The van der Waals surface area contributed by atoms with E-state index in [2.05, 4.69) is 0 Å². The van der Waals surface area contributed by atoms with E-state index in [-0.39, 0.29) is 0 Å². The zero-order valence-electron chi connectivity index (χ0n) is 6.94. The maximum absolute atomic E-state index is 9.47. The highest BCUT2D eigenvalue weighted by atomic mass is 16.7. The second kappa shape index (κ2) is 2.71. The molecular formula is C7H14O4. The molecule has 1 aliphatic rings. The van der Waals surface area contributed by atoms with Crippen LogP contribution in [-0.4, -0.2) is 34.5 Å². The summed E-state index contributed by atoms with van der Waals surface area (Å²) in [6.07, 6.45) is -1.93. The van der Waals surface area contributed by atoms with E-state index in [9.17, 15) is 5.11 Å². The quantitative estimate of drug-likeness (QED) is 0.519. The van der Waals surface area contributed by atoms with Gasteiger partial charge in [0.15, 0.2) is 12.1 Å². The first kappa shape index (κ1) is 8.93. The summed E-state index contributed by atoms with van der Waals surface area (Å²) in [6, 6.07) is 0. The highest BCUT2D eigenvalue weighted by Crippen LogP contribution is 2.25. The molecule has 0 aromatic carbocycles. The molecule has 1 heterocycles. The smallest absolute Gasteiger partial charge is 0.189 e. The summed E-state index contributed by atoms with van der Waals surface area (Å²) < 4.78 is 10.1. The van der Waals surface area contributed by atoms with Gasteiger partial charge in [0.25, 0.3) is 0 Å². The van der Waals surface area contributed by atoms with Crippen LogP contribution in [0.1, 0.15) is 20.8 Å². The highest BCUT2D eigenvalue weighted by Gasteiger charge is 2.40. The third kappa shape index (κ3) is 1.70. The maximum atomic E-state index is 9.47. The molecule has 2 N–H and O–H groups in total. The largest absolute Gasteiger partial charge is 0.366 e. The molecule has 0 bridgehead atoms. The number of rotatable bonds is 0. The van der Waals surface area contributed by atoms with Gasteiger partial charge in [-0.1, -0.05) is 0 Å². The summed E-state index contributed by atoms with van der Waals surface area (Å²) in [4.78, 5) is 0. The monoisotopic (exact) mass is 162 g/mol. The van der Waals surface area contributed by atoms with Crippen molar-refractivity contribution in [3.05, 3.63) is 0 Å². The lowest BCUT2D eigenvalue weighted by Crippen LogP contribution is -2.54. The van der Waals surface area contributed by atoms with Gasteiger partial charge in [-0.15, -0.1) is 0 Å². The van der Waals surface area contributed by atoms with E-state index in [1.54, 1.807) is 13.8 Å². The van der Waals surface area contributed by atoms with Crippen molar-refractivity contribution in [3.8, 4) is 0 Å². The van der Waals surface area contributed by atoms with Crippen LogP contribution in [0.5, 0.6) is 0 Å². The molecule has 0 saturated carbocycles. The number of aliphatic hydroxyl groups is 2. The SMILES string of the molecule is CC1OC(C)(O)C(C)OC1O. The number of hydrogen-bond donors (Lipinski definition) is 2. The Bertz CT molecular complexity index is 145. The van der Waals surface area contributed by atoms with Crippen LogP contribution < -0.4 is 0 Å². The molecule has 0 spiro atoms. The minimum absolute atomic E-state index is 0.485. The lowest BCUT2D eigenvalue weighted by molar-refractivity contribution is -0.368. The van der Waals surface area contributed by atoms with Crippen molar-refractivity contribution in [1.29, 1.82) is 0 Å². The highest BCUT2D eigenvalue weighted by molar-refractivity contribution is 4.77.